The zero-order valence-corrected chi connectivity index (χ0v) is 10.2. The molecule has 2 heterocycles. The van der Waals surface area contributed by atoms with Gasteiger partial charge >= 0.3 is 0 Å². The van der Waals surface area contributed by atoms with Gasteiger partial charge < -0.3 is 15.0 Å². The van der Waals surface area contributed by atoms with Crippen molar-refractivity contribution in [2.24, 2.45) is 0 Å². The highest BCUT2D eigenvalue weighted by molar-refractivity contribution is 5.84. The molecule has 0 spiro atoms. The molecule has 0 aromatic heterocycles. The van der Waals surface area contributed by atoms with E-state index in [0.717, 1.165) is 39.0 Å². The summed E-state index contributed by atoms with van der Waals surface area (Å²) in [6.45, 7) is 6.71. The minimum atomic E-state index is 0.0468. The van der Waals surface area contributed by atoms with Crippen LogP contribution < -0.4 is 5.32 Å². The lowest BCUT2D eigenvalue weighted by atomic mass is 10.1. The van der Waals surface area contributed by atoms with Crippen LogP contribution in [0.2, 0.25) is 0 Å². The van der Waals surface area contributed by atoms with Crippen LogP contribution in [-0.4, -0.2) is 48.7 Å². The van der Waals surface area contributed by atoms with E-state index in [-0.39, 0.29) is 11.9 Å². The van der Waals surface area contributed by atoms with Gasteiger partial charge in [0.15, 0.2) is 0 Å². The molecule has 0 aromatic rings. The Morgan fingerprint density at radius 3 is 2.56 bits per heavy atom. The Morgan fingerprint density at radius 2 is 2.00 bits per heavy atom. The number of carbonyl (C=O) groups excluding carboxylic acids is 1. The molecule has 0 saturated carbocycles. The average molecular weight is 226 g/mol. The van der Waals surface area contributed by atoms with Crippen molar-refractivity contribution in [3.8, 4) is 0 Å². The SMILES string of the molecule is CC(C)N1CCC(NC2CCOCC2)C1=O. The lowest BCUT2D eigenvalue weighted by Gasteiger charge is -2.26. The van der Waals surface area contributed by atoms with Crippen LogP contribution in [0.4, 0.5) is 0 Å². The quantitative estimate of drug-likeness (QED) is 0.772. The van der Waals surface area contributed by atoms with E-state index in [1.54, 1.807) is 0 Å². The molecule has 16 heavy (non-hydrogen) atoms. The highest BCUT2D eigenvalue weighted by atomic mass is 16.5. The molecule has 2 saturated heterocycles. The van der Waals surface area contributed by atoms with Gasteiger partial charge in [0.05, 0.1) is 6.04 Å². The minimum Gasteiger partial charge on any atom is -0.381 e. The second-order valence-electron chi connectivity index (χ2n) is 5.02. The maximum absolute atomic E-state index is 12.1. The summed E-state index contributed by atoms with van der Waals surface area (Å²) in [5.74, 6) is 0.279. The summed E-state index contributed by atoms with van der Waals surface area (Å²) in [6, 6.07) is 0.842. The first-order valence-corrected chi connectivity index (χ1v) is 6.32. The molecule has 1 atom stereocenters. The Morgan fingerprint density at radius 1 is 1.31 bits per heavy atom. The summed E-state index contributed by atoms with van der Waals surface area (Å²) in [5.41, 5.74) is 0. The molecule has 0 bridgehead atoms. The van der Waals surface area contributed by atoms with Crippen molar-refractivity contribution in [1.29, 1.82) is 0 Å². The number of nitrogens with one attached hydrogen (secondary N) is 1. The molecule has 0 aromatic carbocycles. The smallest absolute Gasteiger partial charge is 0.240 e. The van der Waals surface area contributed by atoms with Crippen LogP contribution >= 0.6 is 0 Å². The molecular formula is C12H22N2O2. The van der Waals surface area contributed by atoms with E-state index in [4.69, 9.17) is 4.74 Å². The van der Waals surface area contributed by atoms with E-state index in [1.165, 1.54) is 0 Å². The molecule has 1 N–H and O–H groups in total. The van der Waals surface area contributed by atoms with Crippen molar-refractivity contribution in [2.75, 3.05) is 19.8 Å². The van der Waals surface area contributed by atoms with Crippen LogP contribution in [0.5, 0.6) is 0 Å². The summed E-state index contributed by atoms with van der Waals surface area (Å²) in [4.78, 5) is 14.0. The standard InChI is InChI=1S/C12H22N2O2/c1-9(2)14-6-3-11(12(14)15)13-10-4-7-16-8-5-10/h9-11,13H,3-8H2,1-2H3. The van der Waals surface area contributed by atoms with Gasteiger partial charge in [0, 0.05) is 31.8 Å². The molecule has 4 heteroatoms. The van der Waals surface area contributed by atoms with Crippen molar-refractivity contribution >= 4 is 5.91 Å². The molecule has 4 nitrogen and oxygen atoms in total. The number of ether oxygens (including phenoxy) is 1. The second kappa shape index (κ2) is 5.15. The zero-order valence-electron chi connectivity index (χ0n) is 10.2. The molecule has 0 radical (unpaired) electrons. The van der Waals surface area contributed by atoms with Crippen LogP contribution in [0, 0.1) is 0 Å². The van der Waals surface area contributed by atoms with Gasteiger partial charge in [0.1, 0.15) is 0 Å². The van der Waals surface area contributed by atoms with Crippen LogP contribution in [-0.2, 0) is 9.53 Å². The molecule has 92 valence electrons. The fourth-order valence-corrected chi connectivity index (χ4v) is 2.52. The Hall–Kier alpha value is -0.610. The van der Waals surface area contributed by atoms with Crippen LogP contribution in [0.25, 0.3) is 0 Å². The number of carbonyl (C=O) groups is 1. The van der Waals surface area contributed by atoms with Crippen molar-refractivity contribution in [2.45, 2.75) is 51.2 Å². The number of rotatable bonds is 3. The third kappa shape index (κ3) is 2.55. The molecule has 2 rings (SSSR count). The maximum atomic E-state index is 12.1. The van der Waals surface area contributed by atoms with E-state index in [0.29, 0.717) is 12.1 Å². The van der Waals surface area contributed by atoms with Gasteiger partial charge in [-0.25, -0.2) is 0 Å². The Balaban J connectivity index is 1.84. The van der Waals surface area contributed by atoms with Crippen LogP contribution in [0.3, 0.4) is 0 Å². The lowest BCUT2D eigenvalue weighted by Crippen LogP contribution is -2.46. The fourth-order valence-electron chi connectivity index (χ4n) is 2.52. The predicted molar refractivity (Wildman–Crippen MR) is 62.2 cm³/mol. The third-order valence-electron chi connectivity index (χ3n) is 3.52. The molecular weight excluding hydrogens is 204 g/mol. The van der Waals surface area contributed by atoms with Crippen molar-refractivity contribution in [3.63, 3.8) is 0 Å². The van der Waals surface area contributed by atoms with Crippen molar-refractivity contribution in [1.82, 2.24) is 10.2 Å². The highest BCUT2D eigenvalue weighted by Gasteiger charge is 2.34. The molecule has 2 fully saturated rings. The predicted octanol–water partition coefficient (Wildman–Crippen LogP) is 0.764. The molecule has 2 aliphatic heterocycles. The molecule has 0 aliphatic carbocycles. The number of amides is 1. The number of hydrogen-bond donors (Lipinski definition) is 1. The largest absolute Gasteiger partial charge is 0.381 e. The fraction of sp³-hybridized carbons (Fsp3) is 0.917. The first kappa shape index (κ1) is 11.9. The first-order chi connectivity index (χ1) is 7.68. The summed E-state index contributed by atoms with van der Waals surface area (Å²) >= 11 is 0. The van der Waals surface area contributed by atoms with E-state index in [2.05, 4.69) is 19.2 Å². The van der Waals surface area contributed by atoms with Crippen molar-refractivity contribution in [3.05, 3.63) is 0 Å². The van der Waals surface area contributed by atoms with Gasteiger partial charge in [0.2, 0.25) is 5.91 Å². The Kier molecular flexibility index (Phi) is 3.82. The van der Waals surface area contributed by atoms with Crippen LogP contribution in [0.15, 0.2) is 0 Å². The lowest BCUT2D eigenvalue weighted by molar-refractivity contribution is -0.131. The van der Waals surface area contributed by atoms with E-state index in [9.17, 15) is 4.79 Å². The molecule has 2 aliphatic rings. The minimum absolute atomic E-state index is 0.0468. The van der Waals surface area contributed by atoms with Crippen molar-refractivity contribution < 1.29 is 9.53 Å². The zero-order chi connectivity index (χ0) is 11.5. The molecule has 1 unspecified atom stereocenters. The normalized spacial score (nSPS) is 28.1. The third-order valence-corrected chi connectivity index (χ3v) is 3.52. The first-order valence-electron chi connectivity index (χ1n) is 6.32. The van der Waals surface area contributed by atoms with Gasteiger partial charge in [-0.05, 0) is 33.1 Å². The topological polar surface area (TPSA) is 41.6 Å². The molecule has 1 amide bonds. The van der Waals surface area contributed by atoms with E-state index in [1.807, 2.05) is 4.90 Å². The Bertz CT molecular complexity index is 249. The summed E-state index contributed by atoms with van der Waals surface area (Å²) in [7, 11) is 0. The van der Waals surface area contributed by atoms with Gasteiger partial charge in [-0.15, -0.1) is 0 Å². The summed E-state index contributed by atoms with van der Waals surface area (Å²) in [5, 5.41) is 3.48. The number of likely N-dealkylation sites (tertiary alicyclic amines) is 1. The monoisotopic (exact) mass is 226 g/mol. The number of hydrogen-bond acceptors (Lipinski definition) is 3. The maximum Gasteiger partial charge on any atom is 0.240 e. The van der Waals surface area contributed by atoms with E-state index < -0.39 is 0 Å². The van der Waals surface area contributed by atoms with Gasteiger partial charge in [-0.3, -0.25) is 4.79 Å². The summed E-state index contributed by atoms with van der Waals surface area (Å²) in [6.07, 6.45) is 3.02. The van der Waals surface area contributed by atoms with Gasteiger partial charge in [-0.1, -0.05) is 0 Å². The Labute approximate surface area is 97.3 Å². The highest BCUT2D eigenvalue weighted by Crippen LogP contribution is 2.17. The average Bonchev–Trinajstić information content (AvgIpc) is 2.62. The van der Waals surface area contributed by atoms with Gasteiger partial charge in [0.25, 0.3) is 0 Å². The number of nitrogens with zero attached hydrogens (tertiary/aromatic N) is 1. The second-order valence-corrected chi connectivity index (χ2v) is 5.02. The van der Waals surface area contributed by atoms with E-state index >= 15 is 0 Å². The van der Waals surface area contributed by atoms with Crippen LogP contribution in [0.1, 0.15) is 33.1 Å². The van der Waals surface area contributed by atoms with Gasteiger partial charge in [-0.2, -0.15) is 0 Å². The summed E-state index contributed by atoms with van der Waals surface area (Å²) < 4.78 is 5.32.